The molecular formula is C9H9BrF2. The van der Waals surface area contributed by atoms with E-state index in [1.54, 1.807) is 18.2 Å². The molecule has 0 N–H and O–H groups in total. The standard InChI is InChI=1S/C9H9BrF2/c1-6(9(11)12)7-3-2-4-8(10)5-7/h2-6,9H,1H3/t6-/m1/s1. The van der Waals surface area contributed by atoms with Gasteiger partial charge in [-0.3, -0.25) is 0 Å². The van der Waals surface area contributed by atoms with Crippen LogP contribution in [-0.2, 0) is 0 Å². The zero-order valence-electron chi connectivity index (χ0n) is 6.60. The van der Waals surface area contributed by atoms with Gasteiger partial charge in [-0.05, 0) is 17.7 Å². The summed E-state index contributed by atoms with van der Waals surface area (Å²) >= 11 is 3.23. The van der Waals surface area contributed by atoms with E-state index in [-0.39, 0.29) is 0 Å². The maximum absolute atomic E-state index is 12.2. The van der Waals surface area contributed by atoms with Gasteiger partial charge in [0.1, 0.15) is 0 Å². The minimum Gasteiger partial charge on any atom is -0.210 e. The van der Waals surface area contributed by atoms with Crippen molar-refractivity contribution in [2.24, 2.45) is 0 Å². The molecule has 0 unspecified atom stereocenters. The Labute approximate surface area is 78.7 Å². The third-order valence-electron chi connectivity index (χ3n) is 1.75. The van der Waals surface area contributed by atoms with E-state index in [1.807, 2.05) is 6.07 Å². The molecule has 66 valence electrons. The largest absolute Gasteiger partial charge is 0.245 e. The summed E-state index contributed by atoms with van der Waals surface area (Å²) in [6, 6.07) is 7.01. The number of hydrogen-bond acceptors (Lipinski definition) is 0. The van der Waals surface area contributed by atoms with Crippen LogP contribution in [0, 0.1) is 0 Å². The number of rotatable bonds is 2. The van der Waals surface area contributed by atoms with Gasteiger partial charge in [0.2, 0.25) is 6.43 Å². The van der Waals surface area contributed by atoms with Crippen LogP contribution in [0.3, 0.4) is 0 Å². The fourth-order valence-corrected chi connectivity index (χ4v) is 1.35. The Hall–Kier alpha value is -0.440. The van der Waals surface area contributed by atoms with E-state index in [2.05, 4.69) is 15.9 Å². The van der Waals surface area contributed by atoms with Gasteiger partial charge in [0.15, 0.2) is 0 Å². The zero-order valence-corrected chi connectivity index (χ0v) is 8.18. The van der Waals surface area contributed by atoms with Crippen molar-refractivity contribution in [2.75, 3.05) is 0 Å². The van der Waals surface area contributed by atoms with Crippen LogP contribution in [0.2, 0.25) is 0 Å². The highest BCUT2D eigenvalue weighted by molar-refractivity contribution is 9.10. The van der Waals surface area contributed by atoms with Crippen molar-refractivity contribution in [1.82, 2.24) is 0 Å². The summed E-state index contributed by atoms with van der Waals surface area (Å²) in [4.78, 5) is 0. The van der Waals surface area contributed by atoms with E-state index >= 15 is 0 Å². The molecule has 0 radical (unpaired) electrons. The number of alkyl halides is 2. The van der Waals surface area contributed by atoms with Gasteiger partial charge in [-0.1, -0.05) is 35.0 Å². The van der Waals surface area contributed by atoms with Crippen LogP contribution in [0.5, 0.6) is 0 Å². The van der Waals surface area contributed by atoms with Gasteiger partial charge in [0.05, 0.1) is 0 Å². The summed E-state index contributed by atoms with van der Waals surface area (Å²) < 4.78 is 25.3. The van der Waals surface area contributed by atoms with Gasteiger partial charge in [-0.15, -0.1) is 0 Å². The molecule has 0 aromatic heterocycles. The normalized spacial score (nSPS) is 13.4. The first-order valence-corrected chi connectivity index (χ1v) is 4.44. The highest BCUT2D eigenvalue weighted by Gasteiger charge is 2.16. The number of benzene rings is 1. The molecular weight excluding hydrogens is 226 g/mol. The number of hydrogen-bond donors (Lipinski definition) is 0. The Bertz CT molecular complexity index is 260. The van der Waals surface area contributed by atoms with Crippen molar-refractivity contribution in [3.8, 4) is 0 Å². The minimum atomic E-state index is -2.29. The SMILES string of the molecule is C[C@H](c1cccc(Br)c1)C(F)F. The van der Waals surface area contributed by atoms with E-state index in [0.717, 1.165) is 4.47 Å². The summed E-state index contributed by atoms with van der Waals surface area (Å²) in [6.45, 7) is 1.52. The van der Waals surface area contributed by atoms with Gasteiger partial charge in [0.25, 0.3) is 0 Å². The molecule has 0 spiro atoms. The summed E-state index contributed by atoms with van der Waals surface area (Å²) in [6.07, 6.45) is -2.29. The van der Waals surface area contributed by atoms with Crippen LogP contribution in [0.4, 0.5) is 8.78 Å². The Balaban J connectivity index is 2.88. The molecule has 0 aliphatic rings. The first-order chi connectivity index (χ1) is 5.61. The zero-order chi connectivity index (χ0) is 9.14. The second-order valence-electron chi connectivity index (χ2n) is 2.68. The van der Waals surface area contributed by atoms with Gasteiger partial charge < -0.3 is 0 Å². The lowest BCUT2D eigenvalue weighted by molar-refractivity contribution is 0.121. The first-order valence-electron chi connectivity index (χ1n) is 3.65. The van der Waals surface area contributed by atoms with Crippen LogP contribution in [0.1, 0.15) is 18.4 Å². The summed E-state index contributed by atoms with van der Waals surface area (Å²) in [7, 11) is 0. The van der Waals surface area contributed by atoms with Crippen LogP contribution in [0.15, 0.2) is 28.7 Å². The summed E-state index contributed by atoms with van der Waals surface area (Å²) in [5.41, 5.74) is 0.666. The maximum atomic E-state index is 12.2. The van der Waals surface area contributed by atoms with Crippen molar-refractivity contribution >= 4 is 15.9 Å². The molecule has 0 amide bonds. The van der Waals surface area contributed by atoms with Gasteiger partial charge >= 0.3 is 0 Å². The molecule has 0 aliphatic heterocycles. The van der Waals surface area contributed by atoms with E-state index in [9.17, 15) is 8.78 Å². The molecule has 0 fully saturated rings. The van der Waals surface area contributed by atoms with Crippen molar-refractivity contribution in [1.29, 1.82) is 0 Å². The van der Waals surface area contributed by atoms with E-state index in [0.29, 0.717) is 5.56 Å². The van der Waals surface area contributed by atoms with Crippen LogP contribution < -0.4 is 0 Å². The predicted molar refractivity (Wildman–Crippen MR) is 48.6 cm³/mol. The monoisotopic (exact) mass is 234 g/mol. The average molecular weight is 235 g/mol. The van der Waals surface area contributed by atoms with Crippen LogP contribution in [-0.4, -0.2) is 6.43 Å². The quantitative estimate of drug-likeness (QED) is 0.730. The maximum Gasteiger partial charge on any atom is 0.245 e. The molecule has 0 saturated carbocycles. The Morgan fingerprint density at radius 1 is 1.33 bits per heavy atom. The second kappa shape index (κ2) is 3.99. The second-order valence-corrected chi connectivity index (χ2v) is 3.59. The summed E-state index contributed by atoms with van der Waals surface area (Å²) in [5, 5.41) is 0. The average Bonchev–Trinajstić information content (AvgIpc) is 2.03. The lowest BCUT2D eigenvalue weighted by atomic mass is 10.0. The predicted octanol–water partition coefficient (Wildman–Crippen LogP) is 3.82. The van der Waals surface area contributed by atoms with Crippen LogP contribution >= 0.6 is 15.9 Å². The molecule has 3 heteroatoms. The molecule has 0 aliphatic carbocycles. The highest BCUT2D eigenvalue weighted by atomic mass is 79.9. The molecule has 1 aromatic rings. The molecule has 0 heterocycles. The van der Waals surface area contributed by atoms with Crippen molar-refractivity contribution in [3.05, 3.63) is 34.3 Å². The van der Waals surface area contributed by atoms with Crippen LogP contribution in [0.25, 0.3) is 0 Å². The minimum absolute atomic E-state index is 0.666. The Morgan fingerprint density at radius 2 is 2.00 bits per heavy atom. The number of halogens is 3. The van der Waals surface area contributed by atoms with Crippen molar-refractivity contribution < 1.29 is 8.78 Å². The fourth-order valence-electron chi connectivity index (χ4n) is 0.935. The smallest absolute Gasteiger partial charge is 0.210 e. The molecule has 1 rings (SSSR count). The molecule has 0 nitrogen and oxygen atoms in total. The van der Waals surface area contributed by atoms with Crippen molar-refractivity contribution in [3.63, 3.8) is 0 Å². The molecule has 0 saturated heterocycles. The third kappa shape index (κ3) is 2.27. The lowest BCUT2D eigenvalue weighted by Crippen LogP contribution is -2.04. The van der Waals surface area contributed by atoms with Gasteiger partial charge in [0, 0.05) is 10.4 Å². The molecule has 12 heavy (non-hydrogen) atoms. The molecule has 0 bridgehead atoms. The Morgan fingerprint density at radius 3 is 2.50 bits per heavy atom. The third-order valence-corrected chi connectivity index (χ3v) is 2.25. The fraction of sp³-hybridized carbons (Fsp3) is 0.333. The topological polar surface area (TPSA) is 0 Å². The molecule has 1 atom stereocenters. The highest BCUT2D eigenvalue weighted by Crippen LogP contribution is 2.24. The first kappa shape index (κ1) is 9.65. The Kier molecular flexibility index (Phi) is 3.20. The lowest BCUT2D eigenvalue weighted by Gasteiger charge is -2.10. The van der Waals surface area contributed by atoms with Gasteiger partial charge in [-0.2, -0.15) is 0 Å². The molecule has 1 aromatic carbocycles. The van der Waals surface area contributed by atoms with Crippen molar-refractivity contribution in [2.45, 2.75) is 19.3 Å². The van der Waals surface area contributed by atoms with Gasteiger partial charge in [-0.25, -0.2) is 8.78 Å². The van der Waals surface area contributed by atoms with E-state index < -0.39 is 12.3 Å². The van der Waals surface area contributed by atoms with E-state index in [1.165, 1.54) is 6.92 Å². The summed E-state index contributed by atoms with van der Waals surface area (Å²) in [5.74, 6) is -0.692. The van der Waals surface area contributed by atoms with E-state index in [4.69, 9.17) is 0 Å².